The van der Waals surface area contributed by atoms with Crippen molar-refractivity contribution in [1.82, 2.24) is 19.5 Å². The smallest absolute Gasteiger partial charge is 0.229 e. The number of hydrogen-bond acceptors (Lipinski definition) is 6. The van der Waals surface area contributed by atoms with Gasteiger partial charge in [-0.1, -0.05) is 42.5 Å². The molecule has 4 aromatic rings. The molecule has 0 unspecified atom stereocenters. The molecule has 29 heavy (non-hydrogen) atoms. The van der Waals surface area contributed by atoms with Crippen molar-refractivity contribution < 1.29 is 5.11 Å². The molecule has 0 amide bonds. The largest absolute Gasteiger partial charge is 0.395 e. The zero-order valence-electron chi connectivity index (χ0n) is 16.0. The van der Waals surface area contributed by atoms with E-state index in [1.165, 1.54) is 11.1 Å². The average Bonchev–Trinajstić information content (AvgIpc) is 3.22. The van der Waals surface area contributed by atoms with Gasteiger partial charge in [0.1, 0.15) is 6.33 Å². The molecule has 2 aromatic heterocycles. The van der Waals surface area contributed by atoms with Crippen LogP contribution >= 0.6 is 0 Å². The summed E-state index contributed by atoms with van der Waals surface area (Å²) in [4.78, 5) is 16.4. The molecule has 1 aliphatic rings. The first-order chi connectivity index (χ1) is 14.3. The van der Waals surface area contributed by atoms with Crippen molar-refractivity contribution in [3.8, 4) is 5.69 Å². The highest BCUT2D eigenvalue weighted by atomic mass is 16.3. The highest BCUT2D eigenvalue weighted by molar-refractivity contribution is 5.85. The Bertz CT molecular complexity index is 1140. The predicted octanol–water partition coefficient (Wildman–Crippen LogP) is 2.78. The minimum Gasteiger partial charge on any atom is -0.395 e. The van der Waals surface area contributed by atoms with Crippen LogP contribution in [0, 0.1) is 0 Å². The lowest BCUT2D eigenvalue weighted by molar-refractivity contribution is 0.311. The number of nitrogens with zero attached hydrogens (tertiary/aromatic N) is 5. The van der Waals surface area contributed by atoms with Crippen molar-refractivity contribution in [2.75, 3.05) is 29.9 Å². The molecule has 0 saturated carbocycles. The molecule has 0 saturated heterocycles. The number of para-hydroxylation sites is 1. The maximum atomic E-state index is 9.27. The summed E-state index contributed by atoms with van der Waals surface area (Å²) in [6, 6.07) is 18.6. The monoisotopic (exact) mass is 386 g/mol. The second-order valence-electron chi connectivity index (χ2n) is 7.09. The van der Waals surface area contributed by atoms with Gasteiger partial charge in [-0.25, -0.2) is 4.98 Å². The third kappa shape index (κ3) is 3.30. The molecule has 0 spiro atoms. The Hall–Kier alpha value is -3.45. The highest BCUT2D eigenvalue weighted by Gasteiger charge is 2.21. The fourth-order valence-electron chi connectivity index (χ4n) is 3.77. The summed E-state index contributed by atoms with van der Waals surface area (Å²) in [5.41, 5.74) is 5.14. The Balaban J connectivity index is 1.60. The summed E-state index contributed by atoms with van der Waals surface area (Å²) in [6.45, 7) is 2.08. The van der Waals surface area contributed by atoms with Crippen molar-refractivity contribution in [3.63, 3.8) is 0 Å². The minimum absolute atomic E-state index is 0.0251. The number of rotatable bonds is 5. The second kappa shape index (κ2) is 7.52. The molecule has 0 atom stereocenters. The van der Waals surface area contributed by atoms with Gasteiger partial charge in [0, 0.05) is 25.3 Å². The van der Waals surface area contributed by atoms with Gasteiger partial charge in [0.05, 0.1) is 6.61 Å². The molecular weight excluding hydrogens is 364 g/mol. The first-order valence-corrected chi connectivity index (χ1v) is 9.80. The van der Waals surface area contributed by atoms with Crippen molar-refractivity contribution in [3.05, 3.63) is 72.1 Å². The quantitative estimate of drug-likeness (QED) is 0.549. The Morgan fingerprint density at radius 3 is 2.59 bits per heavy atom. The summed E-state index contributed by atoms with van der Waals surface area (Å²) in [5, 5.41) is 12.5. The maximum absolute atomic E-state index is 9.27. The van der Waals surface area contributed by atoms with Crippen LogP contribution in [0.15, 0.2) is 60.9 Å². The SMILES string of the molecule is OCCNc1nc(N2CCc3ccccc3C2)nc2c1ncn2-c1ccccc1. The first-order valence-electron chi connectivity index (χ1n) is 9.80. The normalized spacial score (nSPS) is 13.5. The summed E-state index contributed by atoms with van der Waals surface area (Å²) in [6.07, 6.45) is 2.74. The number of hydrogen-bond donors (Lipinski definition) is 2. The van der Waals surface area contributed by atoms with Crippen molar-refractivity contribution in [2.45, 2.75) is 13.0 Å². The molecule has 0 bridgehead atoms. The van der Waals surface area contributed by atoms with E-state index in [1.54, 1.807) is 6.33 Å². The molecule has 0 aliphatic carbocycles. The average molecular weight is 386 g/mol. The van der Waals surface area contributed by atoms with E-state index < -0.39 is 0 Å². The van der Waals surface area contributed by atoms with Gasteiger partial charge in [-0.15, -0.1) is 0 Å². The Kier molecular flexibility index (Phi) is 4.57. The van der Waals surface area contributed by atoms with E-state index in [4.69, 9.17) is 9.97 Å². The predicted molar refractivity (Wildman–Crippen MR) is 113 cm³/mol. The number of anilines is 2. The Labute approximate surface area is 168 Å². The van der Waals surface area contributed by atoms with Gasteiger partial charge in [-0.3, -0.25) is 4.57 Å². The van der Waals surface area contributed by atoms with Crippen LogP contribution in [0.2, 0.25) is 0 Å². The number of nitrogens with one attached hydrogen (secondary N) is 1. The van der Waals surface area contributed by atoms with E-state index in [-0.39, 0.29) is 6.61 Å². The molecule has 5 rings (SSSR count). The molecule has 7 nitrogen and oxygen atoms in total. The van der Waals surface area contributed by atoms with Gasteiger partial charge in [-0.05, 0) is 29.7 Å². The van der Waals surface area contributed by atoms with E-state index in [0.717, 1.165) is 30.8 Å². The standard InChI is InChI=1S/C22H22N6O/c29-13-11-23-20-19-21(28(15-24-19)18-8-2-1-3-9-18)26-22(25-20)27-12-10-16-6-4-5-7-17(16)14-27/h1-9,15,29H,10-14H2,(H,23,25,26). The van der Waals surface area contributed by atoms with Crippen LogP contribution in [-0.4, -0.2) is 44.3 Å². The Morgan fingerprint density at radius 1 is 0.966 bits per heavy atom. The van der Waals surface area contributed by atoms with Crippen LogP contribution in [0.1, 0.15) is 11.1 Å². The van der Waals surface area contributed by atoms with Crippen LogP contribution < -0.4 is 10.2 Å². The maximum Gasteiger partial charge on any atom is 0.229 e. The van der Waals surface area contributed by atoms with Gasteiger partial charge >= 0.3 is 0 Å². The molecule has 0 fully saturated rings. The first kappa shape index (κ1) is 17.6. The number of benzene rings is 2. The van der Waals surface area contributed by atoms with Crippen LogP contribution in [-0.2, 0) is 13.0 Å². The van der Waals surface area contributed by atoms with Crippen LogP contribution in [0.25, 0.3) is 16.9 Å². The molecule has 2 N–H and O–H groups in total. The zero-order chi connectivity index (χ0) is 19.6. The third-order valence-corrected chi connectivity index (χ3v) is 5.24. The number of fused-ring (bicyclic) bond motifs is 2. The molecule has 7 heteroatoms. The van der Waals surface area contributed by atoms with E-state index in [9.17, 15) is 5.11 Å². The molecular formula is C22H22N6O. The summed E-state index contributed by atoms with van der Waals surface area (Å²) in [5.74, 6) is 1.32. The lowest BCUT2D eigenvalue weighted by atomic mass is 10.0. The van der Waals surface area contributed by atoms with Crippen LogP contribution in [0.3, 0.4) is 0 Å². The second-order valence-corrected chi connectivity index (χ2v) is 7.09. The van der Waals surface area contributed by atoms with Gasteiger partial charge in [-0.2, -0.15) is 9.97 Å². The van der Waals surface area contributed by atoms with Crippen LogP contribution in [0.5, 0.6) is 0 Å². The summed E-state index contributed by atoms with van der Waals surface area (Å²) in [7, 11) is 0. The molecule has 1 aliphatic heterocycles. The fraction of sp³-hybridized carbons (Fsp3) is 0.227. The van der Waals surface area contributed by atoms with Gasteiger partial charge < -0.3 is 15.3 Å². The molecule has 0 radical (unpaired) electrons. The van der Waals surface area contributed by atoms with Gasteiger partial charge in [0.25, 0.3) is 0 Å². The Morgan fingerprint density at radius 2 is 1.76 bits per heavy atom. The topological polar surface area (TPSA) is 79.1 Å². The van der Waals surface area contributed by atoms with E-state index in [2.05, 4.69) is 39.5 Å². The zero-order valence-corrected chi connectivity index (χ0v) is 16.0. The molecule has 3 heterocycles. The van der Waals surface area contributed by atoms with E-state index in [1.807, 2.05) is 34.9 Å². The van der Waals surface area contributed by atoms with Gasteiger partial charge in [0.15, 0.2) is 17.0 Å². The number of aliphatic hydroxyl groups excluding tert-OH is 1. The fourth-order valence-corrected chi connectivity index (χ4v) is 3.77. The van der Waals surface area contributed by atoms with E-state index in [0.29, 0.717) is 23.8 Å². The van der Waals surface area contributed by atoms with E-state index >= 15 is 0 Å². The highest BCUT2D eigenvalue weighted by Crippen LogP contribution is 2.27. The van der Waals surface area contributed by atoms with Crippen LogP contribution in [0.4, 0.5) is 11.8 Å². The van der Waals surface area contributed by atoms with Crippen molar-refractivity contribution >= 4 is 22.9 Å². The lowest BCUT2D eigenvalue weighted by Gasteiger charge is -2.29. The summed E-state index contributed by atoms with van der Waals surface area (Å²) < 4.78 is 1.97. The summed E-state index contributed by atoms with van der Waals surface area (Å²) >= 11 is 0. The minimum atomic E-state index is 0.0251. The van der Waals surface area contributed by atoms with Gasteiger partial charge in [0.2, 0.25) is 5.95 Å². The number of aliphatic hydroxyl groups is 1. The number of aromatic nitrogens is 4. The third-order valence-electron chi connectivity index (χ3n) is 5.24. The molecule has 146 valence electrons. The molecule has 2 aromatic carbocycles. The van der Waals surface area contributed by atoms with Crippen molar-refractivity contribution in [1.29, 1.82) is 0 Å². The lowest BCUT2D eigenvalue weighted by Crippen LogP contribution is -2.32. The van der Waals surface area contributed by atoms with Crippen molar-refractivity contribution in [2.24, 2.45) is 0 Å². The number of imidazole rings is 1.